The molecule has 0 heterocycles. The first-order valence-electron chi connectivity index (χ1n) is 6.19. The smallest absolute Gasteiger partial charge is 0.281 e. The fourth-order valence-electron chi connectivity index (χ4n) is 2.39. The van der Waals surface area contributed by atoms with Gasteiger partial charge in [-0.1, -0.05) is 13.3 Å². The fourth-order valence-corrected chi connectivity index (χ4v) is 2.39. The third-order valence-electron chi connectivity index (χ3n) is 3.38. The lowest BCUT2D eigenvalue weighted by Gasteiger charge is -2.19. The number of nitro benzene ring substituents is 1. The first-order chi connectivity index (χ1) is 9.40. The van der Waals surface area contributed by atoms with Crippen LogP contribution in [0.3, 0.4) is 0 Å². The monoisotopic (exact) mass is 275 g/mol. The minimum absolute atomic E-state index is 0.220. The Morgan fingerprint density at radius 1 is 1.20 bits per heavy atom. The predicted molar refractivity (Wildman–Crippen MR) is 71.0 cm³/mol. The molecule has 0 saturated heterocycles. The first kappa shape index (κ1) is 13.9. The molecule has 0 bridgehead atoms. The lowest BCUT2D eigenvalue weighted by molar-refractivity contribution is -0.385. The molecule has 6 nitrogen and oxygen atoms in total. The van der Waals surface area contributed by atoms with E-state index in [4.69, 9.17) is 0 Å². The number of rotatable bonds is 3. The van der Waals surface area contributed by atoms with Gasteiger partial charge in [-0.25, -0.2) is 0 Å². The summed E-state index contributed by atoms with van der Waals surface area (Å²) in [5, 5.41) is 20.8. The number of carbonyl (C=O) groups excluding carboxylic acids is 2. The minimum Gasteiger partial charge on any atom is -0.507 e. The molecule has 0 saturated carbocycles. The van der Waals surface area contributed by atoms with Crippen molar-refractivity contribution in [2.75, 3.05) is 0 Å². The van der Waals surface area contributed by atoms with E-state index < -0.39 is 27.9 Å². The maximum atomic E-state index is 12.4. The summed E-state index contributed by atoms with van der Waals surface area (Å²) in [7, 11) is 0. The summed E-state index contributed by atoms with van der Waals surface area (Å²) in [4.78, 5) is 34.9. The summed E-state index contributed by atoms with van der Waals surface area (Å²) in [6.07, 6.45) is 1.06. The van der Waals surface area contributed by atoms with E-state index in [0.717, 1.165) is 12.1 Å². The van der Waals surface area contributed by atoms with Crippen LogP contribution < -0.4 is 0 Å². The molecule has 1 N–H and O–H groups in total. The number of hydrogen-bond acceptors (Lipinski definition) is 5. The van der Waals surface area contributed by atoms with Gasteiger partial charge in [0.15, 0.2) is 11.6 Å². The van der Waals surface area contributed by atoms with Gasteiger partial charge < -0.3 is 5.11 Å². The summed E-state index contributed by atoms with van der Waals surface area (Å²) < 4.78 is 0. The number of nitrogens with zero attached hydrogens (tertiary/aromatic N) is 1. The molecule has 1 aliphatic carbocycles. The molecule has 6 heteroatoms. The van der Waals surface area contributed by atoms with Crippen LogP contribution >= 0.6 is 0 Å². The lowest BCUT2D eigenvalue weighted by atomic mass is 9.81. The fraction of sp³-hybridized carbons (Fsp3) is 0.286. The quantitative estimate of drug-likeness (QED) is 0.675. The number of allylic oxidation sites excluding steroid dienone is 2. The zero-order chi connectivity index (χ0) is 15.0. The Morgan fingerprint density at radius 2 is 1.85 bits per heavy atom. The number of benzene rings is 1. The SMILES string of the molecule is CCCC1=C(C)C(=O)c2c([N+](=O)[O-])ccc(O)c2C1=O. The number of aromatic hydroxyl groups is 1. The highest BCUT2D eigenvalue weighted by Gasteiger charge is 2.37. The van der Waals surface area contributed by atoms with Crippen LogP contribution in [-0.4, -0.2) is 21.6 Å². The molecule has 0 fully saturated rings. The van der Waals surface area contributed by atoms with Gasteiger partial charge in [0, 0.05) is 17.2 Å². The Bertz CT molecular complexity index is 672. The third-order valence-corrected chi connectivity index (χ3v) is 3.38. The van der Waals surface area contributed by atoms with Crippen molar-refractivity contribution >= 4 is 17.3 Å². The van der Waals surface area contributed by atoms with Gasteiger partial charge in [-0.05, 0) is 19.4 Å². The molecule has 0 radical (unpaired) electrons. The van der Waals surface area contributed by atoms with Crippen molar-refractivity contribution < 1.29 is 19.6 Å². The Kier molecular flexibility index (Phi) is 3.40. The molecular formula is C14H13NO5. The van der Waals surface area contributed by atoms with Crippen molar-refractivity contribution in [3.05, 3.63) is 44.5 Å². The topological polar surface area (TPSA) is 97.5 Å². The van der Waals surface area contributed by atoms with Crippen LogP contribution in [-0.2, 0) is 0 Å². The van der Waals surface area contributed by atoms with Crippen LogP contribution in [0.2, 0.25) is 0 Å². The van der Waals surface area contributed by atoms with Gasteiger partial charge in [-0.15, -0.1) is 0 Å². The Balaban J connectivity index is 2.78. The zero-order valence-electron chi connectivity index (χ0n) is 11.1. The lowest BCUT2D eigenvalue weighted by Crippen LogP contribution is -2.22. The average Bonchev–Trinajstić information content (AvgIpc) is 2.40. The molecule has 0 aromatic heterocycles. The number of Topliss-reactive ketones (excluding diaryl/α,β-unsaturated/α-hetero) is 2. The summed E-state index contributed by atoms with van der Waals surface area (Å²) in [5.74, 6) is -1.46. The standard InChI is InChI=1S/C14H13NO5/c1-3-4-8-7(2)13(17)11-9(15(19)20)5-6-10(16)12(11)14(8)18/h5-6,16H,3-4H2,1-2H3. The largest absolute Gasteiger partial charge is 0.507 e. The van der Waals surface area contributed by atoms with Crippen LogP contribution in [0.4, 0.5) is 5.69 Å². The molecular weight excluding hydrogens is 262 g/mol. The van der Waals surface area contributed by atoms with E-state index in [1.54, 1.807) is 0 Å². The molecule has 1 aromatic rings. The molecule has 1 aliphatic rings. The molecule has 20 heavy (non-hydrogen) atoms. The zero-order valence-corrected chi connectivity index (χ0v) is 11.1. The number of fused-ring (bicyclic) bond motifs is 1. The van der Waals surface area contributed by atoms with Crippen molar-refractivity contribution in [1.82, 2.24) is 0 Å². The summed E-state index contributed by atoms with van der Waals surface area (Å²) in [6, 6.07) is 2.11. The Labute approximate surface area is 114 Å². The summed E-state index contributed by atoms with van der Waals surface area (Å²) in [5.41, 5.74) is -0.472. The number of carbonyl (C=O) groups is 2. The molecule has 0 unspecified atom stereocenters. The van der Waals surface area contributed by atoms with Gasteiger partial charge in [0.05, 0.1) is 10.5 Å². The maximum absolute atomic E-state index is 12.4. The van der Waals surface area contributed by atoms with Gasteiger partial charge >= 0.3 is 0 Å². The Morgan fingerprint density at radius 3 is 2.40 bits per heavy atom. The third kappa shape index (κ3) is 1.89. The molecule has 2 rings (SSSR count). The van der Waals surface area contributed by atoms with Crippen molar-refractivity contribution in [1.29, 1.82) is 0 Å². The molecule has 0 atom stereocenters. The second-order valence-electron chi connectivity index (χ2n) is 4.62. The van der Waals surface area contributed by atoms with Crippen LogP contribution in [0.1, 0.15) is 47.4 Å². The van der Waals surface area contributed by atoms with E-state index in [-0.39, 0.29) is 16.7 Å². The van der Waals surface area contributed by atoms with Crippen LogP contribution in [0.5, 0.6) is 5.75 Å². The highest BCUT2D eigenvalue weighted by atomic mass is 16.6. The van der Waals surface area contributed by atoms with E-state index in [1.807, 2.05) is 6.92 Å². The molecule has 104 valence electrons. The normalized spacial score (nSPS) is 14.5. The van der Waals surface area contributed by atoms with Gasteiger partial charge in [0.1, 0.15) is 11.3 Å². The summed E-state index contributed by atoms with van der Waals surface area (Å²) >= 11 is 0. The van der Waals surface area contributed by atoms with Gasteiger partial charge in [-0.2, -0.15) is 0 Å². The van der Waals surface area contributed by atoms with Gasteiger partial charge in [0.25, 0.3) is 5.69 Å². The van der Waals surface area contributed by atoms with Crippen molar-refractivity contribution in [3.8, 4) is 5.75 Å². The highest BCUT2D eigenvalue weighted by Crippen LogP contribution is 2.38. The second kappa shape index (κ2) is 4.88. The number of ketones is 2. The van der Waals surface area contributed by atoms with Crippen LogP contribution in [0.25, 0.3) is 0 Å². The molecule has 0 aliphatic heterocycles. The highest BCUT2D eigenvalue weighted by molar-refractivity contribution is 6.29. The van der Waals surface area contributed by atoms with Gasteiger partial charge in [-0.3, -0.25) is 19.7 Å². The number of hydrogen-bond donors (Lipinski definition) is 1. The van der Waals surface area contributed by atoms with Gasteiger partial charge in [0.2, 0.25) is 0 Å². The molecule has 1 aromatic carbocycles. The number of phenolic OH excluding ortho intramolecular Hbond substituents is 1. The first-order valence-corrected chi connectivity index (χ1v) is 6.19. The molecule has 0 spiro atoms. The van der Waals surface area contributed by atoms with E-state index in [0.29, 0.717) is 18.4 Å². The van der Waals surface area contributed by atoms with E-state index >= 15 is 0 Å². The van der Waals surface area contributed by atoms with E-state index in [1.165, 1.54) is 6.92 Å². The van der Waals surface area contributed by atoms with Crippen LogP contribution in [0, 0.1) is 10.1 Å². The summed E-state index contributed by atoms with van der Waals surface area (Å²) in [6.45, 7) is 3.35. The minimum atomic E-state index is -0.721. The average molecular weight is 275 g/mol. The van der Waals surface area contributed by atoms with E-state index in [2.05, 4.69) is 0 Å². The van der Waals surface area contributed by atoms with Crippen molar-refractivity contribution in [3.63, 3.8) is 0 Å². The molecule has 0 amide bonds. The second-order valence-corrected chi connectivity index (χ2v) is 4.62. The maximum Gasteiger partial charge on any atom is 0.281 e. The van der Waals surface area contributed by atoms with Crippen LogP contribution in [0.15, 0.2) is 23.3 Å². The number of nitro groups is 1. The van der Waals surface area contributed by atoms with E-state index in [9.17, 15) is 24.8 Å². The Hall–Kier alpha value is -2.50. The number of phenols is 1. The van der Waals surface area contributed by atoms with Crippen molar-refractivity contribution in [2.45, 2.75) is 26.7 Å². The predicted octanol–water partition coefficient (Wildman–Crippen LogP) is 2.80. The van der Waals surface area contributed by atoms with Crippen molar-refractivity contribution in [2.24, 2.45) is 0 Å².